The molecule has 0 bridgehead atoms. The summed E-state index contributed by atoms with van der Waals surface area (Å²) in [6.07, 6.45) is 2.00. The summed E-state index contributed by atoms with van der Waals surface area (Å²) in [7, 11) is 0. The number of hydrogen-bond donors (Lipinski definition) is 1. The van der Waals surface area contributed by atoms with Crippen molar-refractivity contribution in [1.29, 1.82) is 0 Å². The number of esters is 1. The van der Waals surface area contributed by atoms with Gasteiger partial charge in [0.15, 0.2) is 6.61 Å². The maximum Gasteiger partial charge on any atom is 0.344 e. The number of carbonyl (C=O) groups excluding carboxylic acids is 1. The van der Waals surface area contributed by atoms with E-state index in [2.05, 4.69) is 45.9 Å². The Bertz CT molecular complexity index is 849. The second kappa shape index (κ2) is 12.4. The summed E-state index contributed by atoms with van der Waals surface area (Å²) >= 11 is 0. The zero-order valence-corrected chi connectivity index (χ0v) is 19.6. The van der Waals surface area contributed by atoms with Gasteiger partial charge in [0.25, 0.3) is 0 Å². The van der Waals surface area contributed by atoms with Crippen molar-refractivity contribution in [3.8, 4) is 22.6 Å². The predicted molar refractivity (Wildman–Crippen MR) is 126 cm³/mol. The lowest BCUT2D eigenvalue weighted by atomic mass is 9.91. The Morgan fingerprint density at radius 3 is 1.84 bits per heavy atom. The monoisotopic (exact) mass is 427 g/mol. The van der Waals surface area contributed by atoms with E-state index >= 15 is 0 Å². The molecule has 0 spiro atoms. The van der Waals surface area contributed by atoms with Gasteiger partial charge < -0.3 is 19.9 Å². The number of carbonyl (C=O) groups is 1. The van der Waals surface area contributed by atoms with Crippen LogP contribution < -0.4 is 15.2 Å². The number of ether oxygens (including phenoxy) is 3. The summed E-state index contributed by atoms with van der Waals surface area (Å²) < 4.78 is 16.7. The van der Waals surface area contributed by atoms with Gasteiger partial charge in [0.2, 0.25) is 0 Å². The Morgan fingerprint density at radius 2 is 1.39 bits per heavy atom. The van der Waals surface area contributed by atoms with Gasteiger partial charge in [-0.15, -0.1) is 0 Å². The topological polar surface area (TPSA) is 70.8 Å². The Labute approximate surface area is 186 Å². The van der Waals surface area contributed by atoms with E-state index < -0.39 is 0 Å². The van der Waals surface area contributed by atoms with Crippen LogP contribution in [0.15, 0.2) is 36.4 Å². The molecule has 0 radical (unpaired) electrons. The van der Waals surface area contributed by atoms with Gasteiger partial charge in [0, 0.05) is 6.54 Å². The molecule has 2 N–H and O–H groups in total. The summed E-state index contributed by atoms with van der Waals surface area (Å²) in [5.41, 5.74) is 10.2. The van der Waals surface area contributed by atoms with E-state index in [1.807, 2.05) is 18.2 Å². The van der Waals surface area contributed by atoms with Crippen molar-refractivity contribution in [2.24, 2.45) is 5.73 Å². The number of nitrogens with two attached hydrogens (primary N) is 1. The van der Waals surface area contributed by atoms with Crippen LogP contribution in [0.2, 0.25) is 0 Å². The van der Waals surface area contributed by atoms with Gasteiger partial charge in [0.1, 0.15) is 18.1 Å². The fourth-order valence-corrected chi connectivity index (χ4v) is 3.44. The first-order chi connectivity index (χ1) is 14.9. The lowest BCUT2D eigenvalue weighted by molar-refractivity contribution is -0.145. The minimum atomic E-state index is -0.354. The van der Waals surface area contributed by atoms with Crippen molar-refractivity contribution in [2.45, 2.75) is 59.3 Å². The van der Waals surface area contributed by atoms with Gasteiger partial charge in [-0.2, -0.15) is 0 Å². The van der Waals surface area contributed by atoms with Crippen LogP contribution in [0.1, 0.15) is 70.4 Å². The average Bonchev–Trinajstić information content (AvgIpc) is 2.80. The summed E-state index contributed by atoms with van der Waals surface area (Å²) in [6.45, 7) is 11.8. The zero-order chi connectivity index (χ0) is 22.8. The fraction of sp³-hybridized carbons (Fsp3) is 0.500. The average molecular weight is 428 g/mol. The summed E-state index contributed by atoms with van der Waals surface area (Å²) in [5.74, 6) is 1.97. The van der Waals surface area contributed by atoms with Crippen LogP contribution >= 0.6 is 0 Å². The molecule has 0 aliphatic heterocycles. The predicted octanol–water partition coefficient (Wildman–Crippen LogP) is 5.66. The van der Waals surface area contributed by atoms with Crippen molar-refractivity contribution < 1.29 is 19.0 Å². The molecule has 5 heteroatoms. The summed E-state index contributed by atoms with van der Waals surface area (Å²) in [5, 5.41) is 0. The molecular weight excluding hydrogens is 390 g/mol. The standard InChI is InChI=1S/C26H37NO4/c1-6-18(4)22-15-20(9-11-24(22)30-14-13-27)21-10-12-25(23(16-21)19(5)7-2)31-17-26(28)29-8-3/h9-12,15-16,18-19H,6-8,13-14,17,27H2,1-5H3. The largest absolute Gasteiger partial charge is 0.492 e. The molecule has 31 heavy (non-hydrogen) atoms. The molecular formula is C26H37NO4. The van der Waals surface area contributed by atoms with Crippen molar-refractivity contribution in [2.75, 3.05) is 26.4 Å². The van der Waals surface area contributed by atoms with Crippen molar-refractivity contribution in [3.05, 3.63) is 47.5 Å². The van der Waals surface area contributed by atoms with E-state index in [1.54, 1.807) is 6.92 Å². The molecule has 2 unspecified atom stereocenters. The lowest BCUT2D eigenvalue weighted by Crippen LogP contribution is -2.15. The fourth-order valence-electron chi connectivity index (χ4n) is 3.44. The Kier molecular flexibility index (Phi) is 9.86. The van der Waals surface area contributed by atoms with Gasteiger partial charge in [-0.3, -0.25) is 0 Å². The molecule has 0 amide bonds. The van der Waals surface area contributed by atoms with Crippen molar-refractivity contribution in [3.63, 3.8) is 0 Å². The lowest BCUT2D eigenvalue weighted by Gasteiger charge is -2.19. The van der Waals surface area contributed by atoms with Crippen LogP contribution in [-0.4, -0.2) is 32.3 Å². The molecule has 0 saturated carbocycles. The first-order valence-electron chi connectivity index (χ1n) is 11.3. The van der Waals surface area contributed by atoms with Crippen LogP contribution in [0, 0.1) is 0 Å². The minimum Gasteiger partial charge on any atom is -0.492 e. The smallest absolute Gasteiger partial charge is 0.344 e. The number of benzene rings is 2. The molecule has 2 aromatic rings. The Morgan fingerprint density at radius 1 is 0.871 bits per heavy atom. The van der Waals surface area contributed by atoms with Crippen LogP contribution in [-0.2, 0) is 9.53 Å². The van der Waals surface area contributed by atoms with Crippen LogP contribution in [0.4, 0.5) is 0 Å². The highest BCUT2D eigenvalue weighted by Crippen LogP contribution is 2.37. The van der Waals surface area contributed by atoms with E-state index in [0.29, 0.717) is 31.6 Å². The van der Waals surface area contributed by atoms with E-state index in [1.165, 1.54) is 5.56 Å². The Hall–Kier alpha value is -2.53. The number of rotatable bonds is 12. The Balaban J connectivity index is 2.39. The molecule has 0 saturated heterocycles. The molecule has 2 rings (SSSR count). The molecule has 0 aromatic heterocycles. The highest BCUT2D eigenvalue weighted by Gasteiger charge is 2.16. The van der Waals surface area contributed by atoms with Gasteiger partial charge in [-0.05, 0) is 78.1 Å². The first kappa shape index (κ1) is 24.7. The van der Waals surface area contributed by atoms with Gasteiger partial charge in [0.05, 0.1) is 6.61 Å². The van der Waals surface area contributed by atoms with Crippen molar-refractivity contribution >= 4 is 5.97 Å². The zero-order valence-electron chi connectivity index (χ0n) is 19.6. The first-order valence-corrected chi connectivity index (χ1v) is 11.3. The molecule has 0 aliphatic carbocycles. The van der Waals surface area contributed by atoms with Crippen molar-refractivity contribution in [1.82, 2.24) is 0 Å². The highest BCUT2D eigenvalue weighted by atomic mass is 16.6. The highest BCUT2D eigenvalue weighted by molar-refractivity contribution is 5.72. The third kappa shape index (κ3) is 6.73. The van der Waals surface area contributed by atoms with E-state index in [4.69, 9.17) is 19.9 Å². The third-order valence-corrected chi connectivity index (χ3v) is 5.67. The van der Waals surface area contributed by atoms with Gasteiger partial charge >= 0.3 is 5.97 Å². The molecule has 2 atom stereocenters. The number of hydrogen-bond acceptors (Lipinski definition) is 5. The van der Waals surface area contributed by atoms with Crippen LogP contribution in [0.3, 0.4) is 0 Å². The summed E-state index contributed by atoms with van der Waals surface area (Å²) in [6, 6.07) is 12.5. The molecule has 2 aromatic carbocycles. The second-order valence-electron chi connectivity index (χ2n) is 7.85. The van der Waals surface area contributed by atoms with E-state index in [-0.39, 0.29) is 12.6 Å². The van der Waals surface area contributed by atoms with E-state index in [0.717, 1.165) is 41.0 Å². The molecule has 0 fully saturated rings. The molecule has 0 aliphatic rings. The maximum atomic E-state index is 11.7. The van der Waals surface area contributed by atoms with Crippen LogP contribution in [0.5, 0.6) is 11.5 Å². The normalized spacial score (nSPS) is 12.8. The van der Waals surface area contributed by atoms with E-state index in [9.17, 15) is 4.79 Å². The quantitative estimate of drug-likeness (QED) is 0.443. The molecule has 170 valence electrons. The van der Waals surface area contributed by atoms with Gasteiger partial charge in [-0.25, -0.2) is 4.79 Å². The SMILES string of the molecule is CCOC(=O)COc1ccc(-c2ccc(OCCN)c(C(C)CC)c2)cc1C(C)CC. The summed E-state index contributed by atoms with van der Waals surface area (Å²) in [4.78, 5) is 11.7. The molecule has 0 heterocycles. The third-order valence-electron chi connectivity index (χ3n) is 5.67. The van der Waals surface area contributed by atoms with Crippen LogP contribution in [0.25, 0.3) is 11.1 Å². The molecule has 5 nitrogen and oxygen atoms in total. The second-order valence-corrected chi connectivity index (χ2v) is 7.85. The maximum absolute atomic E-state index is 11.7. The van der Waals surface area contributed by atoms with Gasteiger partial charge in [-0.1, -0.05) is 39.8 Å². The minimum absolute atomic E-state index is 0.0814.